The summed E-state index contributed by atoms with van der Waals surface area (Å²) in [5.41, 5.74) is 8.45. The van der Waals surface area contributed by atoms with Crippen molar-refractivity contribution in [3.63, 3.8) is 0 Å². The molecule has 0 saturated carbocycles. The van der Waals surface area contributed by atoms with Crippen LogP contribution in [0.25, 0.3) is 0 Å². The van der Waals surface area contributed by atoms with E-state index in [0.29, 0.717) is 16.9 Å². The van der Waals surface area contributed by atoms with Gasteiger partial charge in [-0.15, -0.1) is 11.8 Å². The first-order valence-corrected chi connectivity index (χ1v) is 11.5. The van der Waals surface area contributed by atoms with E-state index >= 15 is 0 Å². The Labute approximate surface area is 200 Å². The van der Waals surface area contributed by atoms with E-state index in [4.69, 9.17) is 10.5 Å². The first kappa shape index (κ1) is 23.3. The van der Waals surface area contributed by atoms with Gasteiger partial charge in [0, 0.05) is 22.6 Å². The fourth-order valence-electron chi connectivity index (χ4n) is 3.50. The Morgan fingerprint density at radius 1 is 1.00 bits per heavy atom. The maximum absolute atomic E-state index is 12.9. The van der Waals surface area contributed by atoms with E-state index < -0.39 is 11.2 Å². The van der Waals surface area contributed by atoms with Crippen LogP contribution >= 0.6 is 11.8 Å². The third-order valence-electron chi connectivity index (χ3n) is 5.31. The lowest BCUT2D eigenvalue weighted by Crippen LogP contribution is -2.31. The SMILES string of the molecule is Cc1ccc(C(=O)COC(=O)c2ccc(N3C(=O)C[C@@H](Sc4cccc(N)c4)C3=O)cc2)cc1. The molecular weight excluding hydrogens is 452 g/mol. The van der Waals surface area contributed by atoms with Crippen molar-refractivity contribution in [2.75, 3.05) is 17.2 Å². The molecule has 1 atom stereocenters. The molecule has 172 valence electrons. The van der Waals surface area contributed by atoms with Crippen molar-refractivity contribution < 1.29 is 23.9 Å². The molecule has 4 rings (SSSR count). The maximum atomic E-state index is 12.9. The zero-order valence-corrected chi connectivity index (χ0v) is 19.2. The highest BCUT2D eigenvalue weighted by Gasteiger charge is 2.40. The van der Waals surface area contributed by atoms with E-state index in [2.05, 4.69) is 0 Å². The number of rotatable bonds is 7. The van der Waals surface area contributed by atoms with Crippen LogP contribution in [0.5, 0.6) is 0 Å². The molecule has 3 aromatic carbocycles. The monoisotopic (exact) mass is 474 g/mol. The summed E-state index contributed by atoms with van der Waals surface area (Å²) in [6, 6.07) is 20.1. The molecule has 1 fully saturated rings. The van der Waals surface area contributed by atoms with Gasteiger partial charge in [-0.1, -0.05) is 35.9 Å². The molecule has 7 nitrogen and oxygen atoms in total. The number of hydrogen-bond donors (Lipinski definition) is 1. The molecular formula is C26H22N2O5S. The zero-order chi connectivity index (χ0) is 24.2. The van der Waals surface area contributed by atoms with Gasteiger partial charge in [-0.3, -0.25) is 14.4 Å². The lowest BCUT2D eigenvalue weighted by molar-refractivity contribution is -0.121. The van der Waals surface area contributed by atoms with Crippen LogP contribution in [0.15, 0.2) is 77.7 Å². The molecule has 0 aromatic heterocycles. The number of imide groups is 1. The number of esters is 1. The fraction of sp³-hybridized carbons (Fsp3) is 0.154. The number of carbonyl (C=O) groups is 4. The molecule has 2 amide bonds. The largest absolute Gasteiger partial charge is 0.454 e. The van der Waals surface area contributed by atoms with Crippen molar-refractivity contribution >= 4 is 46.7 Å². The Hall–Kier alpha value is -3.91. The van der Waals surface area contributed by atoms with Crippen LogP contribution in [0.2, 0.25) is 0 Å². The average molecular weight is 475 g/mol. The summed E-state index contributed by atoms with van der Waals surface area (Å²) in [5.74, 6) is -1.61. The standard InChI is InChI=1S/C26H22N2O5S/c1-16-5-7-17(8-6-16)22(29)15-33-26(32)18-9-11-20(12-10-18)28-24(30)14-23(25(28)31)34-21-4-2-3-19(27)13-21/h2-13,23H,14-15,27H2,1H3/t23-/m1/s1. The van der Waals surface area contributed by atoms with E-state index in [0.717, 1.165) is 15.4 Å². The number of hydrogen-bond acceptors (Lipinski definition) is 7. The minimum atomic E-state index is -0.666. The van der Waals surface area contributed by atoms with Gasteiger partial charge in [-0.25, -0.2) is 9.69 Å². The average Bonchev–Trinajstić information content (AvgIpc) is 3.10. The molecule has 0 aliphatic carbocycles. The molecule has 8 heteroatoms. The first-order valence-electron chi connectivity index (χ1n) is 10.6. The third-order valence-corrected chi connectivity index (χ3v) is 6.49. The Bertz CT molecular complexity index is 1250. The van der Waals surface area contributed by atoms with Crippen LogP contribution in [-0.2, 0) is 14.3 Å². The molecule has 1 saturated heterocycles. The molecule has 1 aliphatic heterocycles. The van der Waals surface area contributed by atoms with Gasteiger partial charge >= 0.3 is 5.97 Å². The Balaban J connectivity index is 1.38. The summed E-state index contributed by atoms with van der Waals surface area (Å²) in [4.78, 5) is 51.9. The number of anilines is 2. The Morgan fingerprint density at radius 3 is 2.35 bits per heavy atom. The van der Waals surface area contributed by atoms with E-state index in [1.165, 1.54) is 36.0 Å². The third kappa shape index (κ3) is 5.18. The number of nitrogens with two attached hydrogens (primary N) is 1. The van der Waals surface area contributed by atoms with Crippen LogP contribution in [0.1, 0.15) is 32.7 Å². The van der Waals surface area contributed by atoms with Crippen molar-refractivity contribution in [2.45, 2.75) is 23.5 Å². The minimum Gasteiger partial charge on any atom is -0.454 e. The zero-order valence-electron chi connectivity index (χ0n) is 18.4. The lowest BCUT2D eigenvalue weighted by atomic mass is 10.1. The predicted molar refractivity (Wildman–Crippen MR) is 130 cm³/mol. The summed E-state index contributed by atoms with van der Waals surface area (Å²) >= 11 is 1.29. The molecule has 0 unspecified atom stereocenters. The number of nitrogen functional groups attached to an aromatic ring is 1. The molecule has 0 spiro atoms. The van der Waals surface area contributed by atoms with E-state index in [-0.39, 0.29) is 36.2 Å². The summed E-state index contributed by atoms with van der Waals surface area (Å²) < 4.78 is 5.13. The highest BCUT2D eigenvalue weighted by molar-refractivity contribution is 8.00. The summed E-state index contributed by atoms with van der Waals surface area (Å²) in [6.45, 7) is 1.54. The number of carbonyl (C=O) groups excluding carboxylic acids is 4. The molecule has 34 heavy (non-hydrogen) atoms. The van der Waals surface area contributed by atoms with Gasteiger partial charge in [0.05, 0.1) is 16.5 Å². The van der Waals surface area contributed by atoms with E-state index in [1.54, 1.807) is 30.3 Å². The highest BCUT2D eigenvalue weighted by atomic mass is 32.2. The second-order valence-corrected chi connectivity index (χ2v) is 9.14. The second-order valence-electron chi connectivity index (χ2n) is 7.86. The number of benzene rings is 3. The van der Waals surface area contributed by atoms with Crippen molar-refractivity contribution in [3.8, 4) is 0 Å². The van der Waals surface area contributed by atoms with Gasteiger partial charge in [0.15, 0.2) is 12.4 Å². The molecule has 0 bridgehead atoms. The number of nitrogens with zero attached hydrogens (tertiary/aromatic N) is 1. The van der Waals surface area contributed by atoms with Gasteiger partial charge in [0.2, 0.25) is 11.8 Å². The van der Waals surface area contributed by atoms with Crippen molar-refractivity contribution in [3.05, 3.63) is 89.5 Å². The minimum absolute atomic E-state index is 0.0726. The number of ketones is 1. The number of Topliss-reactive ketones (excluding diaryl/α,β-unsaturated/α-hetero) is 1. The molecule has 3 aromatic rings. The van der Waals surface area contributed by atoms with Crippen LogP contribution in [0.4, 0.5) is 11.4 Å². The summed E-state index contributed by atoms with van der Waals surface area (Å²) in [7, 11) is 0. The molecule has 1 aliphatic rings. The number of aryl methyl sites for hydroxylation is 1. The topological polar surface area (TPSA) is 107 Å². The van der Waals surface area contributed by atoms with Crippen LogP contribution < -0.4 is 10.6 Å². The number of thioether (sulfide) groups is 1. The first-order chi connectivity index (χ1) is 16.3. The van der Waals surface area contributed by atoms with E-state index in [1.807, 2.05) is 25.1 Å². The number of amides is 2. The fourth-order valence-corrected chi connectivity index (χ4v) is 4.63. The quantitative estimate of drug-likeness (QED) is 0.238. The normalized spacial score (nSPS) is 15.4. The van der Waals surface area contributed by atoms with Gasteiger partial charge in [-0.05, 0) is 49.4 Å². The van der Waals surface area contributed by atoms with Crippen LogP contribution in [-0.4, -0.2) is 35.4 Å². The highest BCUT2D eigenvalue weighted by Crippen LogP contribution is 2.34. The van der Waals surface area contributed by atoms with Crippen molar-refractivity contribution in [1.29, 1.82) is 0 Å². The second kappa shape index (κ2) is 9.93. The number of ether oxygens (including phenoxy) is 1. The van der Waals surface area contributed by atoms with Gasteiger partial charge in [0.25, 0.3) is 0 Å². The predicted octanol–water partition coefficient (Wildman–Crippen LogP) is 4.04. The lowest BCUT2D eigenvalue weighted by Gasteiger charge is -2.15. The smallest absolute Gasteiger partial charge is 0.338 e. The molecule has 1 heterocycles. The Morgan fingerprint density at radius 2 is 1.68 bits per heavy atom. The van der Waals surface area contributed by atoms with Gasteiger partial charge in [0.1, 0.15) is 0 Å². The van der Waals surface area contributed by atoms with Crippen LogP contribution in [0.3, 0.4) is 0 Å². The Kier molecular flexibility index (Phi) is 6.79. The van der Waals surface area contributed by atoms with Gasteiger partial charge in [-0.2, -0.15) is 0 Å². The maximum Gasteiger partial charge on any atom is 0.338 e. The summed E-state index contributed by atoms with van der Waals surface area (Å²) in [6.07, 6.45) is 0.0726. The molecule has 2 N–H and O–H groups in total. The van der Waals surface area contributed by atoms with Gasteiger partial charge < -0.3 is 10.5 Å². The van der Waals surface area contributed by atoms with Crippen LogP contribution in [0, 0.1) is 6.92 Å². The summed E-state index contributed by atoms with van der Waals surface area (Å²) in [5, 5.41) is -0.549. The van der Waals surface area contributed by atoms with Crippen molar-refractivity contribution in [1.82, 2.24) is 0 Å². The van der Waals surface area contributed by atoms with Crippen molar-refractivity contribution in [2.24, 2.45) is 0 Å². The molecule has 0 radical (unpaired) electrons. The van der Waals surface area contributed by atoms with E-state index in [9.17, 15) is 19.2 Å².